The summed E-state index contributed by atoms with van der Waals surface area (Å²) in [5.41, 5.74) is 2.91. The van der Waals surface area contributed by atoms with Crippen LogP contribution in [0, 0.1) is 6.92 Å². The van der Waals surface area contributed by atoms with Crippen LogP contribution < -0.4 is 4.90 Å². The second-order valence-electron chi connectivity index (χ2n) is 5.74. The van der Waals surface area contributed by atoms with Crippen molar-refractivity contribution in [3.63, 3.8) is 0 Å². The standard InChI is InChI=1S/C19H21NO3S/c1-15-7-9-16(10-8-15)5-4-6-19(21)20(2)17-11-13-18(14-12-17)24(3,22)23/h4-5,7-14H,6H2,1-3H3. The molecule has 0 radical (unpaired) electrons. The molecule has 2 aromatic carbocycles. The molecule has 0 aliphatic carbocycles. The molecule has 0 saturated carbocycles. The first-order valence-corrected chi connectivity index (χ1v) is 9.46. The molecule has 0 saturated heterocycles. The molecule has 0 spiro atoms. The third-order valence-electron chi connectivity index (χ3n) is 3.71. The lowest BCUT2D eigenvalue weighted by atomic mass is 10.1. The largest absolute Gasteiger partial charge is 0.315 e. The van der Waals surface area contributed by atoms with E-state index in [0.717, 1.165) is 11.8 Å². The topological polar surface area (TPSA) is 54.5 Å². The van der Waals surface area contributed by atoms with Crippen LogP contribution in [0.2, 0.25) is 0 Å². The highest BCUT2D eigenvalue weighted by Gasteiger charge is 2.11. The van der Waals surface area contributed by atoms with Gasteiger partial charge in [-0.05, 0) is 36.8 Å². The molecule has 0 aliphatic rings. The van der Waals surface area contributed by atoms with E-state index in [4.69, 9.17) is 0 Å². The zero-order chi connectivity index (χ0) is 17.7. The molecule has 0 bridgehead atoms. The molecular formula is C19H21NO3S. The van der Waals surface area contributed by atoms with Crippen LogP contribution in [0.1, 0.15) is 17.5 Å². The molecule has 0 fully saturated rings. The average Bonchev–Trinajstić information content (AvgIpc) is 2.55. The number of sulfone groups is 1. The number of nitrogens with zero attached hydrogens (tertiary/aromatic N) is 1. The van der Waals surface area contributed by atoms with Crippen molar-refractivity contribution in [1.82, 2.24) is 0 Å². The molecule has 126 valence electrons. The molecule has 2 aromatic rings. The summed E-state index contributed by atoms with van der Waals surface area (Å²) < 4.78 is 22.9. The quantitative estimate of drug-likeness (QED) is 0.835. The molecule has 5 heteroatoms. The van der Waals surface area contributed by atoms with Gasteiger partial charge in [0, 0.05) is 25.4 Å². The van der Waals surface area contributed by atoms with E-state index >= 15 is 0 Å². The van der Waals surface area contributed by atoms with Crippen molar-refractivity contribution in [1.29, 1.82) is 0 Å². The maximum Gasteiger partial charge on any atom is 0.230 e. The Hall–Kier alpha value is -2.40. The van der Waals surface area contributed by atoms with Gasteiger partial charge in [-0.25, -0.2) is 8.42 Å². The lowest BCUT2D eigenvalue weighted by Crippen LogP contribution is -2.25. The lowest BCUT2D eigenvalue weighted by Gasteiger charge is -2.16. The second-order valence-corrected chi connectivity index (χ2v) is 7.75. The van der Waals surface area contributed by atoms with Gasteiger partial charge in [-0.2, -0.15) is 0 Å². The SMILES string of the molecule is Cc1ccc(C=CCC(=O)N(C)c2ccc(S(C)(=O)=O)cc2)cc1. The molecular weight excluding hydrogens is 322 g/mol. The average molecular weight is 343 g/mol. The van der Waals surface area contributed by atoms with E-state index in [1.165, 1.54) is 22.6 Å². The molecule has 0 atom stereocenters. The third kappa shape index (κ3) is 4.80. The van der Waals surface area contributed by atoms with Gasteiger partial charge in [0.05, 0.1) is 4.90 Å². The molecule has 0 aromatic heterocycles. The molecule has 0 heterocycles. The fourth-order valence-corrected chi connectivity index (χ4v) is 2.80. The van der Waals surface area contributed by atoms with E-state index in [0.29, 0.717) is 5.69 Å². The number of aryl methyl sites for hydroxylation is 1. The van der Waals surface area contributed by atoms with E-state index in [-0.39, 0.29) is 17.2 Å². The first-order chi connectivity index (χ1) is 11.3. The number of anilines is 1. The molecule has 24 heavy (non-hydrogen) atoms. The number of rotatable bonds is 5. The van der Waals surface area contributed by atoms with Gasteiger partial charge in [0.2, 0.25) is 5.91 Å². The summed E-state index contributed by atoms with van der Waals surface area (Å²) in [6.45, 7) is 2.03. The summed E-state index contributed by atoms with van der Waals surface area (Å²) in [5.74, 6) is -0.0644. The predicted octanol–water partition coefficient (Wildman–Crippen LogP) is 3.46. The third-order valence-corrected chi connectivity index (χ3v) is 4.83. The van der Waals surface area contributed by atoms with Gasteiger partial charge in [0.25, 0.3) is 0 Å². The molecule has 1 amide bonds. The van der Waals surface area contributed by atoms with Gasteiger partial charge >= 0.3 is 0 Å². The lowest BCUT2D eigenvalue weighted by molar-refractivity contribution is -0.117. The monoisotopic (exact) mass is 343 g/mol. The Kier molecular flexibility index (Phi) is 5.57. The smallest absolute Gasteiger partial charge is 0.230 e. The predicted molar refractivity (Wildman–Crippen MR) is 97.8 cm³/mol. The summed E-state index contributed by atoms with van der Waals surface area (Å²) in [4.78, 5) is 14.0. The Morgan fingerprint density at radius 1 is 1.04 bits per heavy atom. The minimum atomic E-state index is -3.23. The molecule has 0 unspecified atom stereocenters. The van der Waals surface area contributed by atoms with Gasteiger partial charge < -0.3 is 4.90 Å². The fraction of sp³-hybridized carbons (Fsp3) is 0.211. The van der Waals surface area contributed by atoms with Gasteiger partial charge in [0.15, 0.2) is 9.84 Å². The van der Waals surface area contributed by atoms with Crippen molar-refractivity contribution in [3.8, 4) is 0 Å². The Labute approximate surface area is 143 Å². The van der Waals surface area contributed by atoms with Crippen LogP contribution in [-0.2, 0) is 14.6 Å². The van der Waals surface area contributed by atoms with Crippen LogP contribution in [0.25, 0.3) is 6.08 Å². The number of hydrogen-bond acceptors (Lipinski definition) is 3. The fourth-order valence-electron chi connectivity index (χ4n) is 2.17. The van der Waals surface area contributed by atoms with Gasteiger partial charge in [-0.3, -0.25) is 4.79 Å². The maximum atomic E-state index is 12.2. The van der Waals surface area contributed by atoms with E-state index in [1.807, 2.05) is 43.3 Å². The van der Waals surface area contributed by atoms with Crippen molar-refractivity contribution in [3.05, 3.63) is 65.7 Å². The highest BCUT2D eigenvalue weighted by Crippen LogP contribution is 2.18. The van der Waals surface area contributed by atoms with Crippen LogP contribution in [0.15, 0.2) is 59.5 Å². The molecule has 0 aliphatic heterocycles. The zero-order valence-corrected chi connectivity index (χ0v) is 14.9. The zero-order valence-electron chi connectivity index (χ0n) is 14.1. The second kappa shape index (κ2) is 7.45. The van der Waals surface area contributed by atoms with Crippen LogP contribution in [0.5, 0.6) is 0 Å². The van der Waals surface area contributed by atoms with Crippen molar-refractivity contribution in [2.24, 2.45) is 0 Å². The Bertz CT molecular complexity index is 835. The maximum absolute atomic E-state index is 12.2. The van der Waals surface area contributed by atoms with Gasteiger partial charge in [-0.1, -0.05) is 42.0 Å². The summed E-state index contributed by atoms with van der Waals surface area (Å²) >= 11 is 0. The minimum Gasteiger partial charge on any atom is -0.315 e. The first-order valence-electron chi connectivity index (χ1n) is 7.57. The molecule has 4 nitrogen and oxygen atoms in total. The number of hydrogen-bond donors (Lipinski definition) is 0. The van der Waals surface area contributed by atoms with Gasteiger partial charge in [0.1, 0.15) is 0 Å². The Morgan fingerprint density at radius 2 is 1.62 bits per heavy atom. The first kappa shape index (κ1) is 17.9. The van der Waals surface area contributed by atoms with Crippen LogP contribution in [0.4, 0.5) is 5.69 Å². The summed E-state index contributed by atoms with van der Waals surface area (Å²) in [6, 6.07) is 14.4. The van der Waals surface area contributed by atoms with Crippen molar-refractivity contribution in [2.75, 3.05) is 18.2 Å². The van der Waals surface area contributed by atoms with Gasteiger partial charge in [-0.15, -0.1) is 0 Å². The van der Waals surface area contributed by atoms with E-state index in [1.54, 1.807) is 19.2 Å². The van der Waals surface area contributed by atoms with Crippen LogP contribution in [0.3, 0.4) is 0 Å². The normalized spacial score (nSPS) is 11.6. The number of carbonyl (C=O) groups excluding carboxylic acids is 1. The number of amides is 1. The Morgan fingerprint density at radius 3 is 2.17 bits per heavy atom. The Balaban J connectivity index is 2.00. The van der Waals surface area contributed by atoms with Crippen molar-refractivity contribution in [2.45, 2.75) is 18.2 Å². The highest BCUT2D eigenvalue weighted by molar-refractivity contribution is 7.90. The number of benzene rings is 2. The minimum absolute atomic E-state index is 0.0644. The summed E-state index contributed by atoms with van der Waals surface area (Å²) in [6.07, 6.45) is 5.18. The molecule has 0 N–H and O–H groups in total. The van der Waals surface area contributed by atoms with Crippen LogP contribution in [-0.4, -0.2) is 27.6 Å². The highest BCUT2D eigenvalue weighted by atomic mass is 32.2. The van der Waals surface area contributed by atoms with Crippen LogP contribution >= 0.6 is 0 Å². The van der Waals surface area contributed by atoms with E-state index in [9.17, 15) is 13.2 Å². The van der Waals surface area contributed by atoms with E-state index < -0.39 is 9.84 Å². The van der Waals surface area contributed by atoms with E-state index in [2.05, 4.69) is 0 Å². The summed E-state index contributed by atoms with van der Waals surface area (Å²) in [7, 11) is -1.55. The molecule has 2 rings (SSSR count). The summed E-state index contributed by atoms with van der Waals surface area (Å²) in [5, 5.41) is 0. The number of carbonyl (C=O) groups is 1. The van der Waals surface area contributed by atoms with Crippen molar-refractivity contribution < 1.29 is 13.2 Å². The van der Waals surface area contributed by atoms with Crippen molar-refractivity contribution >= 4 is 27.5 Å².